The molecule has 3 nitrogen and oxygen atoms in total. The summed E-state index contributed by atoms with van der Waals surface area (Å²) in [4.78, 5) is 11.3. The number of rotatable bonds is 2. The Kier molecular flexibility index (Phi) is 4.18. The first-order chi connectivity index (χ1) is 7.51. The Morgan fingerprint density at radius 3 is 2.62 bits per heavy atom. The average molecular weight is 337 g/mol. The molecule has 0 unspecified atom stereocenters. The number of methoxy groups -OCH3 is 1. The lowest BCUT2D eigenvalue weighted by Gasteiger charge is -2.07. The van der Waals surface area contributed by atoms with Crippen molar-refractivity contribution < 1.29 is 18.3 Å². The summed E-state index contributed by atoms with van der Waals surface area (Å²) in [5, 5.41) is 8.79. The van der Waals surface area contributed by atoms with Crippen molar-refractivity contribution in [3.63, 3.8) is 0 Å². The van der Waals surface area contributed by atoms with Crippen LogP contribution in [0.4, 0.5) is 8.78 Å². The number of carbonyl (C=O) groups excluding carboxylic acids is 1. The molecule has 0 amide bonds. The third kappa shape index (κ3) is 2.47. The van der Waals surface area contributed by atoms with Crippen LogP contribution >= 0.6 is 22.6 Å². The van der Waals surface area contributed by atoms with E-state index in [9.17, 15) is 13.6 Å². The highest BCUT2D eigenvalue weighted by Gasteiger charge is 2.19. The number of carbonyl (C=O) groups is 1. The molecule has 6 heteroatoms. The maximum absolute atomic E-state index is 12.4. The van der Waals surface area contributed by atoms with Crippen LogP contribution in [0, 0.1) is 14.9 Å². The fraction of sp³-hybridized carbons (Fsp3) is 0.200. The minimum Gasteiger partial charge on any atom is -0.465 e. The van der Waals surface area contributed by atoms with Gasteiger partial charge in [-0.1, -0.05) is 0 Å². The Labute approximate surface area is 104 Å². The third-order valence-corrected chi connectivity index (χ3v) is 2.73. The summed E-state index contributed by atoms with van der Waals surface area (Å²) in [6, 6.07) is 3.87. The van der Waals surface area contributed by atoms with Crippen LogP contribution in [0.2, 0.25) is 0 Å². The van der Waals surface area contributed by atoms with Gasteiger partial charge in [0.05, 0.1) is 18.2 Å². The summed E-state index contributed by atoms with van der Waals surface area (Å²) < 4.78 is 29.7. The Bertz CT molecular complexity index is 469. The lowest BCUT2D eigenvalue weighted by molar-refractivity contribution is 0.0598. The third-order valence-electron chi connectivity index (χ3n) is 1.87. The molecule has 0 radical (unpaired) electrons. The fourth-order valence-corrected chi connectivity index (χ4v) is 2.02. The Morgan fingerprint density at radius 2 is 2.19 bits per heavy atom. The quantitative estimate of drug-likeness (QED) is 0.616. The molecule has 0 aliphatic rings. The summed E-state index contributed by atoms with van der Waals surface area (Å²) in [6.45, 7) is 0. The zero-order chi connectivity index (χ0) is 12.3. The van der Waals surface area contributed by atoms with Crippen molar-refractivity contribution in [3.05, 3.63) is 32.4 Å². The molecular weight excluding hydrogens is 331 g/mol. The number of hydrogen-bond donors (Lipinski definition) is 0. The summed E-state index contributed by atoms with van der Waals surface area (Å²) in [5.74, 6) is -0.707. The SMILES string of the molecule is COC(=O)c1c(I)cc(C(F)F)cc1C#N. The normalized spacial score (nSPS) is 10.0. The van der Waals surface area contributed by atoms with Gasteiger partial charge in [0.25, 0.3) is 6.43 Å². The van der Waals surface area contributed by atoms with Crippen molar-refractivity contribution in [1.82, 2.24) is 0 Å². The molecule has 0 aliphatic heterocycles. The van der Waals surface area contributed by atoms with Gasteiger partial charge in [0.15, 0.2) is 0 Å². The number of benzene rings is 1. The first-order valence-electron chi connectivity index (χ1n) is 4.11. The Hall–Kier alpha value is -1.23. The predicted octanol–water partition coefficient (Wildman–Crippen LogP) is 2.89. The molecule has 0 aromatic heterocycles. The van der Waals surface area contributed by atoms with Gasteiger partial charge in [0.2, 0.25) is 0 Å². The van der Waals surface area contributed by atoms with Crippen molar-refractivity contribution in [3.8, 4) is 6.07 Å². The molecule has 0 heterocycles. The molecule has 0 aliphatic carbocycles. The summed E-state index contributed by atoms with van der Waals surface area (Å²) in [7, 11) is 1.17. The molecule has 0 atom stereocenters. The van der Waals surface area contributed by atoms with Crippen molar-refractivity contribution in [2.45, 2.75) is 6.43 Å². The smallest absolute Gasteiger partial charge is 0.340 e. The highest BCUT2D eigenvalue weighted by Crippen LogP contribution is 2.26. The lowest BCUT2D eigenvalue weighted by Crippen LogP contribution is -2.08. The van der Waals surface area contributed by atoms with Crippen LogP contribution in [0.3, 0.4) is 0 Å². The molecule has 0 spiro atoms. The van der Waals surface area contributed by atoms with Crippen molar-refractivity contribution >= 4 is 28.6 Å². The van der Waals surface area contributed by atoms with Crippen molar-refractivity contribution in [2.75, 3.05) is 7.11 Å². The van der Waals surface area contributed by atoms with E-state index in [1.807, 2.05) is 0 Å². The second kappa shape index (κ2) is 5.21. The number of nitriles is 1. The van der Waals surface area contributed by atoms with E-state index >= 15 is 0 Å². The van der Waals surface area contributed by atoms with Crippen molar-refractivity contribution in [2.24, 2.45) is 0 Å². The van der Waals surface area contributed by atoms with Gasteiger partial charge >= 0.3 is 5.97 Å². The molecule has 0 bridgehead atoms. The van der Waals surface area contributed by atoms with Gasteiger partial charge < -0.3 is 4.74 Å². The summed E-state index contributed by atoms with van der Waals surface area (Å²) in [6.07, 6.45) is -2.67. The van der Waals surface area contributed by atoms with E-state index in [0.717, 1.165) is 6.07 Å². The van der Waals surface area contributed by atoms with Crippen LogP contribution in [0.5, 0.6) is 0 Å². The second-order valence-electron chi connectivity index (χ2n) is 2.83. The maximum Gasteiger partial charge on any atom is 0.340 e. The zero-order valence-electron chi connectivity index (χ0n) is 8.13. The molecule has 0 fully saturated rings. The minimum atomic E-state index is -2.67. The van der Waals surface area contributed by atoms with Crippen LogP contribution in [0.15, 0.2) is 12.1 Å². The molecule has 16 heavy (non-hydrogen) atoms. The van der Waals surface area contributed by atoms with Gasteiger partial charge in [-0.25, -0.2) is 13.6 Å². The molecule has 1 aromatic rings. The van der Waals surface area contributed by atoms with E-state index < -0.39 is 12.4 Å². The first kappa shape index (κ1) is 12.8. The van der Waals surface area contributed by atoms with Gasteiger partial charge in [0, 0.05) is 9.13 Å². The van der Waals surface area contributed by atoms with E-state index in [4.69, 9.17) is 5.26 Å². The summed E-state index contributed by atoms with van der Waals surface area (Å²) >= 11 is 1.72. The minimum absolute atomic E-state index is 0.0231. The largest absolute Gasteiger partial charge is 0.465 e. The highest BCUT2D eigenvalue weighted by atomic mass is 127. The van der Waals surface area contributed by atoms with Crippen LogP contribution in [-0.2, 0) is 4.74 Å². The molecule has 1 rings (SSSR count). The molecule has 1 aromatic carbocycles. The molecule has 0 N–H and O–H groups in total. The zero-order valence-corrected chi connectivity index (χ0v) is 10.3. The molecule has 0 saturated heterocycles. The average Bonchev–Trinajstić information content (AvgIpc) is 2.26. The number of esters is 1. The maximum atomic E-state index is 12.4. The number of ether oxygens (including phenoxy) is 1. The van der Waals surface area contributed by atoms with Crippen LogP contribution in [0.1, 0.15) is 27.9 Å². The van der Waals surface area contributed by atoms with Crippen LogP contribution < -0.4 is 0 Å². The number of hydrogen-bond acceptors (Lipinski definition) is 3. The number of alkyl halides is 2. The van der Waals surface area contributed by atoms with E-state index in [1.54, 1.807) is 28.7 Å². The number of nitrogens with zero attached hydrogens (tertiary/aromatic N) is 1. The standard InChI is InChI=1S/C10H6F2INO2/c1-16-10(15)8-6(4-14)2-5(9(11)12)3-7(8)13/h2-3,9H,1H3. The molecular formula is C10H6F2INO2. The van der Waals surface area contributed by atoms with Gasteiger partial charge in [-0.3, -0.25) is 0 Å². The van der Waals surface area contributed by atoms with E-state index in [0.29, 0.717) is 0 Å². The molecule has 84 valence electrons. The highest BCUT2D eigenvalue weighted by molar-refractivity contribution is 14.1. The van der Waals surface area contributed by atoms with E-state index in [1.165, 1.54) is 13.2 Å². The van der Waals surface area contributed by atoms with Gasteiger partial charge in [-0.2, -0.15) is 5.26 Å². The van der Waals surface area contributed by atoms with Gasteiger partial charge in [0.1, 0.15) is 6.07 Å². The van der Waals surface area contributed by atoms with Crippen LogP contribution in [0.25, 0.3) is 0 Å². The van der Waals surface area contributed by atoms with Gasteiger partial charge in [-0.15, -0.1) is 0 Å². The second-order valence-corrected chi connectivity index (χ2v) is 3.99. The lowest BCUT2D eigenvalue weighted by atomic mass is 10.1. The van der Waals surface area contributed by atoms with Gasteiger partial charge in [-0.05, 0) is 34.7 Å². The van der Waals surface area contributed by atoms with Crippen LogP contribution in [-0.4, -0.2) is 13.1 Å². The molecule has 0 saturated carbocycles. The predicted molar refractivity (Wildman–Crippen MR) is 60.2 cm³/mol. The Balaban J connectivity index is 3.42. The Morgan fingerprint density at radius 1 is 1.56 bits per heavy atom. The topological polar surface area (TPSA) is 50.1 Å². The fourth-order valence-electron chi connectivity index (χ4n) is 1.15. The number of halogens is 3. The van der Waals surface area contributed by atoms with E-state index in [-0.39, 0.29) is 20.3 Å². The first-order valence-corrected chi connectivity index (χ1v) is 5.19. The van der Waals surface area contributed by atoms with E-state index in [2.05, 4.69) is 4.74 Å². The summed E-state index contributed by atoms with van der Waals surface area (Å²) in [5.41, 5.74) is -0.363. The van der Waals surface area contributed by atoms with Crippen molar-refractivity contribution in [1.29, 1.82) is 5.26 Å². The monoisotopic (exact) mass is 337 g/mol.